The van der Waals surface area contributed by atoms with Crippen molar-refractivity contribution in [3.8, 4) is 0 Å². The van der Waals surface area contributed by atoms with Crippen molar-refractivity contribution in [3.05, 3.63) is 88.2 Å². The van der Waals surface area contributed by atoms with E-state index in [0.717, 1.165) is 11.3 Å². The molecule has 2 N–H and O–H groups in total. The molecule has 3 aromatic rings. The van der Waals surface area contributed by atoms with Gasteiger partial charge in [-0.25, -0.2) is 12.8 Å². The Morgan fingerprint density at radius 1 is 1.00 bits per heavy atom. The quantitative estimate of drug-likeness (QED) is 0.463. The fourth-order valence-electron chi connectivity index (χ4n) is 4.90. The van der Waals surface area contributed by atoms with E-state index < -0.39 is 33.4 Å². The highest BCUT2D eigenvalue weighted by molar-refractivity contribution is 7.90. The van der Waals surface area contributed by atoms with Gasteiger partial charge in [-0.15, -0.1) is 0 Å². The van der Waals surface area contributed by atoms with E-state index in [4.69, 9.17) is 11.6 Å². The van der Waals surface area contributed by atoms with Gasteiger partial charge in [0.05, 0.1) is 22.9 Å². The third-order valence-corrected chi connectivity index (χ3v) is 8.82. The number of benzene rings is 3. The van der Waals surface area contributed by atoms with Gasteiger partial charge in [-0.2, -0.15) is 0 Å². The second kappa shape index (κ2) is 10.9. The lowest BCUT2D eigenvalue weighted by molar-refractivity contribution is -0.116. The second-order valence-corrected chi connectivity index (χ2v) is 12.4. The molecule has 3 aromatic carbocycles. The number of halogens is 2. The standard InChI is InChI=1S/C28H28ClFN4O4S/c1-18-2-6-21(29)15-26(18)33-10-12-34(13-11-33)28(36)20-5-9-23-24(14-20)32-27(35)25(31-23)17-39(37,38)16-19-3-7-22(30)8-4-19/h2-9,14-15,25,31H,10-13,16-17H2,1H3,(H,32,35)/t25-/m1/s1. The summed E-state index contributed by atoms with van der Waals surface area (Å²) < 4.78 is 38.5. The van der Waals surface area contributed by atoms with Gasteiger partial charge < -0.3 is 20.4 Å². The monoisotopic (exact) mass is 570 g/mol. The van der Waals surface area contributed by atoms with Gasteiger partial charge in [0.2, 0.25) is 5.91 Å². The van der Waals surface area contributed by atoms with E-state index in [2.05, 4.69) is 15.5 Å². The number of anilines is 3. The molecule has 0 aromatic heterocycles. The van der Waals surface area contributed by atoms with Crippen LogP contribution in [0.2, 0.25) is 5.02 Å². The van der Waals surface area contributed by atoms with Crippen molar-refractivity contribution in [1.82, 2.24) is 4.90 Å². The molecule has 1 saturated heterocycles. The minimum absolute atomic E-state index is 0.140. The van der Waals surface area contributed by atoms with E-state index in [-0.39, 0.29) is 11.7 Å². The molecule has 0 aliphatic carbocycles. The van der Waals surface area contributed by atoms with Gasteiger partial charge in [0.25, 0.3) is 5.91 Å². The van der Waals surface area contributed by atoms with Gasteiger partial charge in [-0.1, -0.05) is 29.8 Å². The number of piperazine rings is 1. The maximum absolute atomic E-state index is 13.2. The normalized spacial score (nSPS) is 17.3. The Morgan fingerprint density at radius 2 is 1.72 bits per heavy atom. The summed E-state index contributed by atoms with van der Waals surface area (Å²) in [5.41, 5.74) is 4.02. The summed E-state index contributed by atoms with van der Waals surface area (Å²) in [5, 5.41) is 6.39. The summed E-state index contributed by atoms with van der Waals surface area (Å²) in [6, 6.07) is 15.0. The van der Waals surface area contributed by atoms with Crippen molar-refractivity contribution in [2.24, 2.45) is 0 Å². The first-order chi connectivity index (χ1) is 18.6. The van der Waals surface area contributed by atoms with Crippen LogP contribution in [-0.4, -0.2) is 63.1 Å². The van der Waals surface area contributed by atoms with Crippen LogP contribution >= 0.6 is 11.6 Å². The summed E-state index contributed by atoms with van der Waals surface area (Å²) in [6.45, 7) is 4.46. The number of sulfone groups is 1. The fraction of sp³-hybridized carbons (Fsp3) is 0.286. The van der Waals surface area contributed by atoms with E-state index in [0.29, 0.717) is 53.7 Å². The van der Waals surface area contributed by atoms with Crippen molar-refractivity contribution in [2.45, 2.75) is 18.7 Å². The summed E-state index contributed by atoms with van der Waals surface area (Å²) in [5.74, 6) is -1.82. The first-order valence-corrected chi connectivity index (χ1v) is 14.7. The van der Waals surface area contributed by atoms with Crippen molar-refractivity contribution in [1.29, 1.82) is 0 Å². The average molecular weight is 571 g/mol. The number of carbonyl (C=O) groups excluding carboxylic acids is 2. The highest BCUT2D eigenvalue weighted by Gasteiger charge is 2.31. The van der Waals surface area contributed by atoms with Crippen LogP contribution in [0.1, 0.15) is 21.5 Å². The predicted octanol–water partition coefficient (Wildman–Crippen LogP) is 4.10. The van der Waals surface area contributed by atoms with Crippen LogP contribution in [0.5, 0.6) is 0 Å². The Kier molecular flexibility index (Phi) is 7.51. The number of rotatable bonds is 6. The lowest BCUT2D eigenvalue weighted by Crippen LogP contribution is -2.49. The molecule has 1 atom stereocenters. The van der Waals surface area contributed by atoms with Gasteiger partial charge in [0.15, 0.2) is 9.84 Å². The highest BCUT2D eigenvalue weighted by atomic mass is 35.5. The summed E-state index contributed by atoms with van der Waals surface area (Å²) in [6.07, 6.45) is 0. The lowest BCUT2D eigenvalue weighted by Gasteiger charge is -2.37. The third kappa shape index (κ3) is 6.17. The predicted molar refractivity (Wildman–Crippen MR) is 151 cm³/mol. The smallest absolute Gasteiger partial charge is 0.254 e. The molecule has 2 amide bonds. The van der Waals surface area contributed by atoms with Crippen LogP contribution in [0, 0.1) is 12.7 Å². The summed E-state index contributed by atoms with van der Waals surface area (Å²) in [4.78, 5) is 30.0. The van der Waals surface area contributed by atoms with E-state index in [1.165, 1.54) is 24.3 Å². The second-order valence-electron chi connectivity index (χ2n) is 9.84. The Morgan fingerprint density at radius 3 is 2.44 bits per heavy atom. The van der Waals surface area contributed by atoms with E-state index in [1.54, 1.807) is 23.1 Å². The Balaban J connectivity index is 1.22. The van der Waals surface area contributed by atoms with E-state index in [9.17, 15) is 22.4 Å². The topological polar surface area (TPSA) is 98.8 Å². The molecule has 11 heteroatoms. The van der Waals surface area contributed by atoms with E-state index >= 15 is 0 Å². The number of carbonyl (C=O) groups is 2. The van der Waals surface area contributed by atoms with Crippen molar-refractivity contribution < 1.29 is 22.4 Å². The zero-order valence-electron chi connectivity index (χ0n) is 21.3. The number of nitrogens with zero attached hydrogens (tertiary/aromatic N) is 2. The molecule has 5 rings (SSSR count). The molecule has 1 fully saturated rings. The van der Waals surface area contributed by atoms with Crippen LogP contribution in [-0.2, 0) is 20.4 Å². The van der Waals surface area contributed by atoms with Crippen LogP contribution in [0.25, 0.3) is 0 Å². The molecule has 0 radical (unpaired) electrons. The van der Waals surface area contributed by atoms with Crippen LogP contribution in [0.3, 0.4) is 0 Å². The van der Waals surface area contributed by atoms with E-state index in [1.807, 2.05) is 25.1 Å². The average Bonchev–Trinajstić information content (AvgIpc) is 2.91. The number of nitrogens with one attached hydrogen (secondary N) is 2. The number of hydrogen-bond acceptors (Lipinski definition) is 6. The first kappa shape index (κ1) is 27.0. The summed E-state index contributed by atoms with van der Waals surface area (Å²) >= 11 is 6.17. The van der Waals surface area contributed by atoms with Crippen molar-refractivity contribution in [3.63, 3.8) is 0 Å². The molecule has 204 valence electrons. The largest absolute Gasteiger partial charge is 0.371 e. The Bertz CT molecular complexity index is 1520. The minimum Gasteiger partial charge on any atom is -0.371 e. The van der Waals surface area contributed by atoms with Crippen molar-refractivity contribution in [2.75, 3.05) is 47.5 Å². The van der Waals surface area contributed by atoms with Crippen LogP contribution in [0.4, 0.5) is 21.5 Å². The number of fused-ring (bicyclic) bond motifs is 1. The molecule has 0 unspecified atom stereocenters. The highest BCUT2D eigenvalue weighted by Crippen LogP contribution is 2.30. The molecule has 2 aliphatic heterocycles. The van der Waals surface area contributed by atoms with Gasteiger partial charge in [0, 0.05) is 42.5 Å². The van der Waals surface area contributed by atoms with Gasteiger partial charge in [0.1, 0.15) is 11.9 Å². The molecule has 0 saturated carbocycles. The number of hydrogen-bond donors (Lipinski definition) is 2. The van der Waals surface area contributed by atoms with Gasteiger partial charge >= 0.3 is 0 Å². The minimum atomic E-state index is -3.67. The van der Waals surface area contributed by atoms with Gasteiger partial charge in [-0.05, 0) is 60.5 Å². The molecular formula is C28H28ClFN4O4S. The van der Waals surface area contributed by atoms with Gasteiger partial charge in [-0.3, -0.25) is 9.59 Å². The lowest BCUT2D eigenvalue weighted by atomic mass is 10.1. The van der Waals surface area contributed by atoms with Crippen molar-refractivity contribution >= 4 is 50.3 Å². The number of amides is 2. The molecule has 2 heterocycles. The fourth-order valence-corrected chi connectivity index (χ4v) is 6.63. The molecule has 0 bridgehead atoms. The molecule has 2 aliphatic rings. The van der Waals surface area contributed by atoms with Crippen LogP contribution in [0.15, 0.2) is 60.7 Å². The SMILES string of the molecule is Cc1ccc(Cl)cc1N1CCN(C(=O)c2ccc3c(c2)NC(=O)[C@@H](CS(=O)(=O)Cc2ccc(F)cc2)N3)CC1. The van der Waals surface area contributed by atoms with Crippen LogP contribution < -0.4 is 15.5 Å². The third-order valence-electron chi connectivity index (χ3n) is 6.97. The molecule has 39 heavy (non-hydrogen) atoms. The molecule has 8 nitrogen and oxygen atoms in total. The zero-order chi connectivity index (χ0) is 27.7. The maximum atomic E-state index is 13.2. The Labute approximate surface area is 231 Å². The zero-order valence-corrected chi connectivity index (χ0v) is 22.9. The first-order valence-electron chi connectivity index (χ1n) is 12.5. The Hall–Kier alpha value is -3.63. The molecular weight excluding hydrogens is 543 g/mol. The number of aryl methyl sites for hydroxylation is 1. The maximum Gasteiger partial charge on any atom is 0.254 e. The molecule has 0 spiro atoms. The summed E-state index contributed by atoms with van der Waals surface area (Å²) in [7, 11) is -3.67.